The van der Waals surface area contributed by atoms with Crippen LogP contribution in [0.4, 0.5) is 5.69 Å². The van der Waals surface area contributed by atoms with E-state index in [1.807, 2.05) is 13.8 Å². The van der Waals surface area contributed by atoms with Gasteiger partial charge in [-0.25, -0.2) is 8.42 Å². The van der Waals surface area contributed by atoms with Crippen LogP contribution in [0.25, 0.3) is 0 Å². The van der Waals surface area contributed by atoms with Crippen LogP contribution in [0.3, 0.4) is 0 Å². The van der Waals surface area contributed by atoms with E-state index >= 15 is 0 Å². The topological polar surface area (TPSA) is 66.5 Å². The summed E-state index contributed by atoms with van der Waals surface area (Å²) in [5.41, 5.74) is 1.51. The Morgan fingerprint density at radius 1 is 1.06 bits per heavy atom. The molecular weight excluding hydrogens is 500 g/mol. The first kappa shape index (κ1) is 25.7. The minimum Gasteiger partial charge on any atom is -0.347 e. The molecule has 0 aromatic heterocycles. The zero-order valence-electron chi connectivity index (χ0n) is 18.8. The number of carbonyl (C=O) groups excluding carboxylic acids is 1. The second-order valence-corrected chi connectivity index (χ2v) is 12.8. The van der Waals surface area contributed by atoms with Gasteiger partial charge in [0, 0.05) is 15.6 Å². The molecule has 170 valence electrons. The van der Waals surface area contributed by atoms with E-state index in [2.05, 4.69) is 42.0 Å². The maximum Gasteiger partial charge on any atom is 0.251 e. The Hall–Kier alpha value is -1.57. The summed E-state index contributed by atoms with van der Waals surface area (Å²) in [4.78, 5) is 12.7. The first-order valence-corrected chi connectivity index (χ1v) is 12.9. The van der Waals surface area contributed by atoms with E-state index in [0.29, 0.717) is 20.7 Å². The molecule has 2 aromatic rings. The van der Waals surface area contributed by atoms with Crippen molar-refractivity contribution in [3.8, 4) is 0 Å². The zero-order valence-corrected chi connectivity index (χ0v) is 22.0. The highest BCUT2D eigenvalue weighted by Gasteiger charge is 2.27. The summed E-state index contributed by atoms with van der Waals surface area (Å²) >= 11 is 9.46. The fourth-order valence-electron chi connectivity index (χ4n) is 3.72. The standard InChI is InChI=1S/C23H30BrClN2O3S/c1-22(2,3)15-23(4,5)26-21(28)17-9-7-16(8-10-17)14-27(31(6,29)30)18-11-12-19(24)20(25)13-18/h7-13H,14-15H2,1-6H3,(H,26,28). The van der Waals surface area contributed by atoms with Crippen LogP contribution in [0.2, 0.25) is 5.02 Å². The average molecular weight is 530 g/mol. The Balaban J connectivity index is 2.19. The highest BCUT2D eigenvalue weighted by molar-refractivity contribution is 9.10. The predicted molar refractivity (Wildman–Crippen MR) is 132 cm³/mol. The van der Waals surface area contributed by atoms with Crippen molar-refractivity contribution in [3.05, 3.63) is 63.1 Å². The van der Waals surface area contributed by atoms with Crippen LogP contribution < -0.4 is 9.62 Å². The van der Waals surface area contributed by atoms with Gasteiger partial charge in [-0.1, -0.05) is 44.5 Å². The fourth-order valence-corrected chi connectivity index (χ4v) is 5.02. The van der Waals surface area contributed by atoms with Gasteiger partial charge in [-0.15, -0.1) is 0 Å². The molecule has 8 heteroatoms. The van der Waals surface area contributed by atoms with Crippen molar-refractivity contribution in [2.24, 2.45) is 5.41 Å². The van der Waals surface area contributed by atoms with E-state index in [1.165, 1.54) is 4.31 Å². The van der Waals surface area contributed by atoms with E-state index < -0.39 is 10.0 Å². The molecule has 0 aliphatic rings. The molecule has 5 nitrogen and oxygen atoms in total. The smallest absolute Gasteiger partial charge is 0.251 e. The van der Waals surface area contributed by atoms with Crippen molar-refractivity contribution >= 4 is 49.1 Å². The number of carbonyl (C=O) groups is 1. The third-order valence-electron chi connectivity index (χ3n) is 4.56. The largest absolute Gasteiger partial charge is 0.347 e. The number of nitrogens with one attached hydrogen (secondary N) is 1. The molecule has 1 N–H and O–H groups in total. The molecule has 2 aromatic carbocycles. The van der Waals surface area contributed by atoms with Gasteiger partial charge in [0.25, 0.3) is 5.91 Å². The van der Waals surface area contributed by atoms with Crippen molar-refractivity contribution in [1.82, 2.24) is 5.32 Å². The normalized spacial score (nSPS) is 12.5. The van der Waals surface area contributed by atoms with Gasteiger partial charge in [0.1, 0.15) is 0 Å². The zero-order chi connectivity index (χ0) is 23.6. The lowest BCUT2D eigenvalue weighted by atomic mass is 9.81. The Morgan fingerprint density at radius 3 is 2.13 bits per heavy atom. The molecule has 2 rings (SSSR count). The van der Waals surface area contributed by atoms with Gasteiger partial charge in [-0.2, -0.15) is 0 Å². The minimum absolute atomic E-state index is 0.0890. The van der Waals surface area contributed by atoms with Crippen molar-refractivity contribution in [2.75, 3.05) is 10.6 Å². The number of hydrogen-bond acceptors (Lipinski definition) is 3. The number of nitrogens with zero attached hydrogens (tertiary/aromatic N) is 1. The summed E-state index contributed by atoms with van der Waals surface area (Å²) in [6, 6.07) is 12.0. The molecule has 1 amide bonds. The van der Waals surface area contributed by atoms with Crippen LogP contribution >= 0.6 is 27.5 Å². The maximum absolute atomic E-state index is 12.7. The number of rotatable bonds is 7. The Labute approximate surface area is 199 Å². The van der Waals surface area contributed by atoms with E-state index in [1.54, 1.807) is 42.5 Å². The molecule has 0 aliphatic carbocycles. The summed E-state index contributed by atoms with van der Waals surface area (Å²) < 4.78 is 26.7. The lowest BCUT2D eigenvalue weighted by Gasteiger charge is -2.33. The molecule has 0 heterocycles. The molecule has 0 atom stereocenters. The first-order chi connectivity index (χ1) is 14.1. The molecule has 0 fully saturated rings. The van der Waals surface area contributed by atoms with Crippen LogP contribution in [-0.4, -0.2) is 26.1 Å². The Morgan fingerprint density at radius 2 is 1.65 bits per heavy atom. The van der Waals surface area contributed by atoms with Crippen molar-refractivity contribution in [3.63, 3.8) is 0 Å². The van der Waals surface area contributed by atoms with Gasteiger partial charge in [-0.05, 0) is 77.5 Å². The maximum atomic E-state index is 12.7. The van der Waals surface area contributed by atoms with E-state index in [-0.39, 0.29) is 23.4 Å². The molecular formula is C23H30BrClN2O3S. The third kappa shape index (κ3) is 7.81. The number of benzene rings is 2. The van der Waals surface area contributed by atoms with Gasteiger partial charge in [0.15, 0.2) is 0 Å². The molecule has 0 unspecified atom stereocenters. The SMILES string of the molecule is CC(C)(C)CC(C)(C)NC(=O)c1ccc(CN(c2ccc(Br)c(Cl)c2)S(C)(=O)=O)cc1. The summed E-state index contributed by atoms with van der Waals surface area (Å²) in [7, 11) is -3.53. The number of amides is 1. The van der Waals surface area contributed by atoms with Gasteiger partial charge < -0.3 is 5.32 Å². The molecule has 0 spiro atoms. The average Bonchev–Trinajstić information content (AvgIpc) is 2.59. The van der Waals surface area contributed by atoms with Crippen LogP contribution in [0, 0.1) is 5.41 Å². The van der Waals surface area contributed by atoms with Gasteiger partial charge in [0.05, 0.1) is 23.5 Å². The summed E-state index contributed by atoms with van der Waals surface area (Å²) in [5, 5.41) is 3.51. The number of sulfonamides is 1. The third-order valence-corrected chi connectivity index (χ3v) is 6.93. The van der Waals surface area contributed by atoms with Crippen molar-refractivity contribution in [1.29, 1.82) is 0 Å². The Kier molecular flexibility index (Phi) is 7.88. The van der Waals surface area contributed by atoms with Crippen LogP contribution in [0.15, 0.2) is 46.9 Å². The van der Waals surface area contributed by atoms with Crippen LogP contribution in [0.5, 0.6) is 0 Å². The lowest BCUT2D eigenvalue weighted by molar-refractivity contribution is 0.0891. The Bertz CT molecular complexity index is 1050. The van der Waals surface area contributed by atoms with Crippen LogP contribution in [0.1, 0.15) is 57.0 Å². The van der Waals surface area contributed by atoms with Gasteiger partial charge >= 0.3 is 0 Å². The van der Waals surface area contributed by atoms with Crippen molar-refractivity contribution < 1.29 is 13.2 Å². The highest BCUT2D eigenvalue weighted by Crippen LogP contribution is 2.30. The fraction of sp³-hybridized carbons (Fsp3) is 0.435. The minimum atomic E-state index is -3.53. The van der Waals surface area contributed by atoms with Crippen LogP contribution in [-0.2, 0) is 16.6 Å². The highest BCUT2D eigenvalue weighted by atomic mass is 79.9. The van der Waals surface area contributed by atoms with E-state index in [0.717, 1.165) is 18.2 Å². The first-order valence-electron chi connectivity index (χ1n) is 9.92. The van der Waals surface area contributed by atoms with Crippen molar-refractivity contribution in [2.45, 2.75) is 53.1 Å². The predicted octanol–water partition coefficient (Wildman–Crippen LogP) is 6.01. The molecule has 31 heavy (non-hydrogen) atoms. The number of anilines is 1. The molecule has 0 bridgehead atoms. The quantitative estimate of drug-likeness (QED) is 0.477. The van der Waals surface area contributed by atoms with E-state index in [4.69, 9.17) is 11.6 Å². The second-order valence-electron chi connectivity index (χ2n) is 9.64. The molecule has 0 saturated heterocycles. The summed E-state index contributed by atoms with van der Waals surface area (Å²) in [6.07, 6.45) is 1.99. The van der Waals surface area contributed by atoms with Gasteiger partial charge in [-0.3, -0.25) is 9.10 Å². The summed E-state index contributed by atoms with van der Waals surface area (Å²) in [5.74, 6) is -0.152. The lowest BCUT2D eigenvalue weighted by Crippen LogP contribution is -2.45. The molecule has 0 radical (unpaired) electrons. The van der Waals surface area contributed by atoms with Gasteiger partial charge in [0.2, 0.25) is 10.0 Å². The molecule has 0 aliphatic heterocycles. The number of hydrogen-bond donors (Lipinski definition) is 1. The second kappa shape index (κ2) is 9.51. The summed E-state index contributed by atoms with van der Waals surface area (Å²) in [6.45, 7) is 10.6. The number of halogens is 2. The molecule has 0 saturated carbocycles. The monoisotopic (exact) mass is 528 g/mol. The van der Waals surface area contributed by atoms with E-state index in [9.17, 15) is 13.2 Å².